The van der Waals surface area contributed by atoms with Crippen LogP contribution in [0.4, 0.5) is 5.69 Å². The number of anilines is 1. The Morgan fingerprint density at radius 2 is 1.72 bits per heavy atom. The van der Waals surface area contributed by atoms with Gasteiger partial charge in [0.1, 0.15) is 16.5 Å². The van der Waals surface area contributed by atoms with Gasteiger partial charge >= 0.3 is 0 Å². The summed E-state index contributed by atoms with van der Waals surface area (Å²) in [4.78, 5) is 19.5. The van der Waals surface area contributed by atoms with E-state index in [0.717, 1.165) is 55.1 Å². The molecule has 1 heterocycles. The van der Waals surface area contributed by atoms with Gasteiger partial charge in [0.05, 0.1) is 13.2 Å². The molecule has 32 heavy (non-hydrogen) atoms. The fourth-order valence-electron chi connectivity index (χ4n) is 4.72. The zero-order valence-corrected chi connectivity index (χ0v) is 20.1. The molecule has 1 fully saturated rings. The van der Waals surface area contributed by atoms with Crippen molar-refractivity contribution in [3.8, 4) is 5.75 Å². The van der Waals surface area contributed by atoms with Gasteiger partial charge < -0.3 is 9.64 Å². The monoisotopic (exact) mass is 452 g/mol. The molecule has 2 aromatic rings. The van der Waals surface area contributed by atoms with Crippen LogP contribution < -0.4 is 9.64 Å². The number of aryl methyl sites for hydroxylation is 1. The van der Waals surface area contributed by atoms with Crippen molar-refractivity contribution in [3.05, 3.63) is 59.2 Å². The fraction of sp³-hybridized carbons (Fsp3) is 0.481. The highest BCUT2D eigenvalue weighted by molar-refractivity contribution is 6.37. The van der Waals surface area contributed by atoms with Crippen LogP contribution in [0.1, 0.15) is 73.9 Å². The number of Topliss-reactive ketones (excluding diaryl/α,β-unsaturated/α-hetero) is 1. The van der Waals surface area contributed by atoms with Crippen LogP contribution in [-0.4, -0.2) is 36.2 Å². The molecule has 4 nitrogen and oxygen atoms in total. The third-order valence-corrected chi connectivity index (χ3v) is 6.66. The summed E-state index contributed by atoms with van der Waals surface area (Å²) in [5, 5.41) is 0. The van der Waals surface area contributed by atoms with E-state index >= 15 is 0 Å². The summed E-state index contributed by atoms with van der Waals surface area (Å²) in [7, 11) is 1.69. The molecule has 0 saturated heterocycles. The summed E-state index contributed by atoms with van der Waals surface area (Å²) < 4.78 is 5.37. The maximum absolute atomic E-state index is 12.7. The number of halogens is 1. The van der Waals surface area contributed by atoms with E-state index in [2.05, 4.69) is 23.1 Å². The first-order valence-electron chi connectivity index (χ1n) is 11.7. The molecule has 2 aromatic carbocycles. The molecule has 0 radical (unpaired) electrons. The summed E-state index contributed by atoms with van der Waals surface area (Å²) in [5.41, 5.74) is 4.12. The van der Waals surface area contributed by atoms with Crippen molar-refractivity contribution in [1.82, 2.24) is 0 Å². The molecule has 4 rings (SSSR count). The topological polar surface area (TPSA) is 41.9 Å². The van der Waals surface area contributed by atoms with E-state index in [-0.39, 0.29) is 5.78 Å². The minimum atomic E-state index is -0.903. The van der Waals surface area contributed by atoms with Gasteiger partial charge in [-0.05, 0) is 87.6 Å². The maximum Gasteiger partial charge on any atom is 0.183 e. The quantitative estimate of drug-likeness (QED) is 0.227. The molecule has 0 spiro atoms. The summed E-state index contributed by atoms with van der Waals surface area (Å²) in [5.74, 6) is 1.83. The SMILES string of the molecule is COc1ccc(/C(=N/C2CCCCC2)N2CCCc3cc(C(=O)C(C)(C)Cl)ccc32)cc1. The molecule has 5 heteroatoms. The lowest BCUT2D eigenvalue weighted by Crippen LogP contribution is -2.37. The molecule has 0 unspecified atom stereocenters. The second-order valence-corrected chi connectivity index (χ2v) is 10.3. The Hall–Kier alpha value is -2.33. The number of alkyl halides is 1. The van der Waals surface area contributed by atoms with Crippen LogP contribution in [-0.2, 0) is 6.42 Å². The lowest BCUT2D eigenvalue weighted by atomic mass is 9.93. The molecule has 1 aliphatic carbocycles. The lowest BCUT2D eigenvalue weighted by molar-refractivity contribution is 0.0954. The Bertz CT molecular complexity index is 986. The van der Waals surface area contributed by atoms with Crippen LogP contribution >= 0.6 is 11.6 Å². The molecule has 0 amide bonds. The molecular formula is C27H33ClN2O2. The van der Waals surface area contributed by atoms with E-state index < -0.39 is 4.87 Å². The molecule has 0 aromatic heterocycles. The number of amidine groups is 1. The number of methoxy groups -OCH3 is 1. The molecule has 1 saturated carbocycles. The number of rotatable bonds is 5. The summed E-state index contributed by atoms with van der Waals surface area (Å²) in [6, 6.07) is 14.6. The van der Waals surface area contributed by atoms with Gasteiger partial charge in [0.15, 0.2) is 5.78 Å². The number of carbonyl (C=O) groups excluding carboxylic acids is 1. The molecule has 0 atom stereocenters. The number of nitrogens with zero attached hydrogens (tertiary/aromatic N) is 2. The third kappa shape index (κ3) is 5.01. The first-order valence-corrected chi connectivity index (χ1v) is 12.1. The number of ketones is 1. The smallest absolute Gasteiger partial charge is 0.183 e. The van der Waals surface area contributed by atoms with Gasteiger partial charge in [-0.25, -0.2) is 0 Å². The first-order chi connectivity index (χ1) is 15.4. The van der Waals surface area contributed by atoms with Crippen LogP contribution in [0, 0.1) is 0 Å². The van der Waals surface area contributed by atoms with Gasteiger partial charge in [0.25, 0.3) is 0 Å². The first kappa shape index (κ1) is 22.8. The van der Waals surface area contributed by atoms with Crippen molar-refractivity contribution in [3.63, 3.8) is 0 Å². The summed E-state index contributed by atoms with van der Waals surface area (Å²) >= 11 is 6.30. The third-order valence-electron chi connectivity index (χ3n) is 6.48. The Morgan fingerprint density at radius 3 is 2.38 bits per heavy atom. The minimum Gasteiger partial charge on any atom is -0.497 e. The van der Waals surface area contributed by atoms with Crippen LogP contribution in [0.5, 0.6) is 5.75 Å². The standard InChI is InChI=1S/C27H33ClN2O2/c1-27(2,28)25(31)21-13-16-24-20(18-21)8-7-17-30(24)26(29-22-9-5-4-6-10-22)19-11-14-23(32-3)15-12-19/h11-16,18,22H,4-10,17H2,1-3H3/b29-26-. The zero-order chi connectivity index (χ0) is 22.7. The number of hydrogen-bond acceptors (Lipinski definition) is 3. The van der Waals surface area contributed by atoms with Crippen molar-refractivity contribution in [2.45, 2.75) is 69.7 Å². The molecular weight excluding hydrogens is 420 g/mol. The van der Waals surface area contributed by atoms with Gasteiger partial charge in [-0.3, -0.25) is 9.79 Å². The van der Waals surface area contributed by atoms with Crippen LogP contribution in [0.15, 0.2) is 47.5 Å². The summed E-state index contributed by atoms with van der Waals surface area (Å²) in [6.07, 6.45) is 8.09. The Morgan fingerprint density at radius 1 is 1.03 bits per heavy atom. The van der Waals surface area contributed by atoms with E-state index in [1.807, 2.05) is 24.3 Å². The Labute approximate surface area is 196 Å². The average molecular weight is 453 g/mol. The van der Waals surface area contributed by atoms with Crippen molar-refractivity contribution >= 4 is 28.9 Å². The van der Waals surface area contributed by atoms with E-state index in [1.165, 1.54) is 24.8 Å². The van der Waals surface area contributed by atoms with Crippen molar-refractivity contribution < 1.29 is 9.53 Å². The predicted octanol–water partition coefficient (Wildman–Crippen LogP) is 6.43. The van der Waals surface area contributed by atoms with Gasteiger partial charge in [0.2, 0.25) is 0 Å². The number of hydrogen-bond donors (Lipinski definition) is 0. The maximum atomic E-state index is 12.7. The largest absolute Gasteiger partial charge is 0.497 e. The number of benzene rings is 2. The average Bonchev–Trinajstić information content (AvgIpc) is 2.81. The minimum absolute atomic E-state index is 0.0367. The fourth-order valence-corrected chi connectivity index (χ4v) is 4.83. The highest BCUT2D eigenvalue weighted by Gasteiger charge is 2.29. The van der Waals surface area contributed by atoms with Gasteiger partial charge in [-0.1, -0.05) is 19.3 Å². The van der Waals surface area contributed by atoms with E-state index in [4.69, 9.17) is 21.3 Å². The molecule has 170 valence electrons. The molecule has 2 aliphatic rings. The van der Waals surface area contributed by atoms with Crippen molar-refractivity contribution in [2.75, 3.05) is 18.6 Å². The number of fused-ring (bicyclic) bond motifs is 1. The van der Waals surface area contributed by atoms with Crippen LogP contribution in [0.2, 0.25) is 0 Å². The van der Waals surface area contributed by atoms with E-state index in [9.17, 15) is 4.79 Å². The van der Waals surface area contributed by atoms with Gasteiger partial charge in [-0.2, -0.15) is 0 Å². The molecule has 0 bridgehead atoms. The van der Waals surface area contributed by atoms with Gasteiger partial charge in [0, 0.05) is 23.4 Å². The second-order valence-electron chi connectivity index (χ2n) is 9.37. The van der Waals surface area contributed by atoms with E-state index in [0.29, 0.717) is 11.6 Å². The van der Waals surface area contributed by atoms with Crippen LogP contribution in [0.3, 0.4) is 0 Å². The van der Waals surface area contributed by atoms with E-state index in [1.54, 1.807) is 21.0 Å². The van der Waals surface area contributed by atoms with Crippen molar-refractivity contribution in [2.24, 2.45) is 4.99 Å². The summed E-state index contributed by atoms with van der Waals surface area (Å²) in [6.45, 7) is 4.42. The van der Waals surface area contributed by atoms with Crippen molar-refractivity contribution in [1.29, 1.82) is 0 Å². The number of ether oxygens (including phenoxy) is 1. The van der Waals surface area contributed by atoms with Crippen LogP contribution in [0.25, 0.3) is 0 Å². The zero-order valence-electron chi connectivity index (χ0n) is 19.4. The predicted molar refractivity (Wildman–Crippen MR) is 133 cm³/mol. The highest BCUT2D eigenvalue weighted by atomic mass is 35.5. The molecule has 1 aliphatic heterocycles. The molecule has 0 N–H and O–H groups in total. The Balaban J connectivity index is 1.73. The Kier molecular flexibility index (Phi) is 6.90. The number of carbonyl (C=O) groups is 1. The number of aliphatic imine (C=N–C) groups is 1. The van der Waals surface area contributed by atoms with Gasteiger partial charge in [-0.15, -0.1) is 11.6 Å². The second kappa shape index (κ2) is 9.66. The normalized spacial score (nSPS) is 17.8. The lowest BCUT2D eigenvalue weighted by Gasteiger charge is -2.34. The highest BCUT2D eigenvalue weighted by Crippen LogP contribution is 2.33.